The fourth-order valence-corrected chi connectivity index (χ4v) is 1.20. The van der Waals surface area contributed by atoms with E-state index >= 15 is 0 Å². The monoisotopic (exact) mass is 222 g/mol. The average Bonchev–Trinajstić information content (AvgIpc) is 2.21. The van der Waals surface area contributed by atoms with Gasteiger partial charge in [0.1, 0.15) is 17.1 Å². The second-order valence-corrected chi connectivity index (χ2v) is 4.04. The second kappa shape index (κ2) is 4.95. The molecule has 0 aliphatic carbocycles. The molecule has 1 rings (SSSR count). The minimum absolute atomic E-state index is 0.287. The molecule has 16 heavy (non-hydrogen) atoms. The van der Waals surface area contributed by atoms with Crippen molar-refractivity contribution < 1.29 is 9.13 Å². The molecule has 1 atom stereocenters. The normalized spacial score (nSPS) is 13.9. The number of rotatable bonds is 4. The van der Waals surface area contributed by atoms with E-state index in [0.29, 0.717) is 18.8 Å². The van der Waals surface area contributed by atoms with Crippen LogP contribution in [0.5, 0.6) is 5.75 Å². The molecule has 0 bridgehead atoms. The maximum Gasteiger partial charge on any atom is 0.123 e. The van der Waals surface area contributed by atoms with Crippen LogP contribution in [0.4, 0.5) is 4.39 Å². The fraction of sp³-hybridized carbons (Fsp3) is 0.417. The Labute approximate surface area is 94.6 Å². The molecule has 0 heterocycles. The lowest BCUT2D eigenvalue weighted by Gasteiger charge is -2.16. The van der Waals surface area contributed by atoms with Crippen LogP contribution in [0.15, 0.2) is 18.2 Å². The Morgan fingerprint density at radius 1 is 1.56 bits per heavy atom. The summed E-state index contributed by atoms with van der Waals surface area (Å²) in [6.07, 6.45) is 0.431. The summed E-state index contributed by atoms with van der Waals surface area (Å²) < 4.78 is 18.2. The van der Waals surface area contributed by atoms with E-state index in [0.717, 1.165) is 5.56 Å². The largest absolute Gasteiger partial charge is 0.493 e. The van der Waals surface area contributed by atoms with Crippen molar-refractivity contribution in [1.82, 2.24) is 0 Å². The number of benzene rings is 1. The highest BCUT2D eigenvalue weighted by Crippen LogP contribution is 2.19. The summed E-state index contributed by atoms with van der Waals surface area (Å²) in [4.78, 5) is 0. The van der Waals surface area contributed by atoms with Gasteiger partial charge in [-0.25, -0.2) is 4.39 Å². The Morgan fingerprint density at radius 2 is 2.25 bits per heavy atom. The van der Waals surface area contributed by atoms with Crippen LogP contribution in [0, 0.1) is 24.1 Å². The van der Waals surface area contributed by atoms with Crippen LogP contribution < -0.4 is 10.5 Å². The van der Waals surface area contributed by atoms with Gasteiger partial charge in [-0.2, -0.15) is 5.26 Å². The number of hydrogen-bond donors (Lipinski definition) is 1. The molecule has 0 fully saturated rings. The number of halogens is 1. The molecular formula is C12H15FN2O. The third kappa shape index (κ3) is 3.52. The van der Waals surface area contributed by atoms with Crippen molar-refractivity contribution in [3.8, 4) is 11.8 Å². The van der Waals surface area contributed by atoms with E-state index < -0.39 is 5.54 Å². The lowest BCUT2D eigenvalue weighted by atomic mass is 10.0. The summed E-state index contributed by atoms with van der Waals surface area (Å²) >= 11 is 0. The summed E-state index contributed by atoms with van der Waals surface area (Å²) in [7, 11) is 0. The minimum Gasteiger partial charge on any atom is -0.493 e. The molecule has 1 unspecified atom stereocenters. The van der Waals surface area contributed by atoms with Crippen LogP contribution >= 0.6 is 0 Å². The van der Waals surface area contributed by atoms with E-state index in [1.807, 2.05) is 6.07 Å². The van der Waals surface area contributed by atoms with E-state index in [4.69, 9.17) is 15.7 Å². The number of ether oxygens (including phenoxy) is 1. The standard InChI is InChI=1S/C12H15FN2O/c1-9-7-10(13)3-4-11(9)16-6-5-12(2,15)8-14/h3-4,7H,5-6,15H2,1-2H3. The SMILES string of the molecule is Cc1cc(F)ccc1OCCC(C)(N)C#N. The second-order valence-electron chi connectivity index (χ2n) is 4.04. The van der Waals surface area contributed by atoms with Gasteiger partial charge in [0.2, 0.25) is 0 Å². The first-order valence-electron chi connectivity index (χ1n) is 5.04. The highest BCUT2D eigenvalue weighted by atomic mass is 19.1. The molecule has 0 amide bonds. The van der Waals surface area contributed by atoms with E-state index in [9.17, 15) is 4.39 Å². The predicted octanol–water partition coefficient (Wildman–Crippen LogP) is 2.14. The highest BCUT2D eigenvalue weighted by Gasteiger charge is 2.17. The first-order valence-corrected chi connectivity index (χ1v) is 5.04. The lowest BCUT2D eigenvalue weighted by Crippen LogP contribution is -2.35. The quantitative estimate of drug-likeness (QED) is 0.849. The Hall–Kier alpha value is -1.60. The van der Waals surface area contributed by atoms with Crippen molar-refractivity contribution >= 4 is 0 Å². The van der Waals surface area contributed by atoms with Gasteiger partial charge in [-0.3, -0.25) is 0 Å². The van der Waals surface area contributed by atoms with Gasteiger partial charge in [0, 0.05) is 6.42 Å². The average molecular weight is 222 g/mol. The van der Waals surface area contributed by atoms with Gasteiger partial charge >= 0.3 is 0 Å². The molecule has 0 saturated heterocycles. The smallest absolute Gasteiger partial charge is 0.123 e. The summed E-state index contributed by atoms with van der Waals surface area (Å²) in [5.74, 6) is 0.334. The molecule has 0 spiro atoms. The van der Waals surface area contributed by atoms with Gasteiger partial charge in [0.25, 0.3) is 0 Å². The molecule has 0 saturated carbocycles. The molecule has 1 aromatic carbocycles. The molecule has 3 nitrogen and oxygen atoms in total. The van der Waals surface area contributed by atoms with E-state index in [2.05, 4.69) is 0 Å². The lowest BCUT2D eigenvalue weighted by molar-refractivity contribution is 0.284. The molecular weight excluding hydrogens is 207 g/mol. The van der Waals surface area contributed by atoms with E-state index in [1.165, 1.54) is 12.1 Å². The Bertz CT molecular complexity index is 410. The van der Waals surface area contributed by atoms with Gasteiger partial charge in [-0.05, 0) is 37.6 Å². The van der Waals surface area contributed by atoms with Gasteiger partial charge in [-0.15, -0.1) is 0 Å². The molecule has 0 aliphatic rings. The molecule has 4 heteroatoms. The number of hydrogen-bond acceptors (Lipinski definition) is 3. The van der Waals surface area contributed by atoms with E-state index in [1.54, 1.807) is 19.9 Å². The van der Waals surface area contributed by atoms with Gasteiger partial charge in [-0.1, -0.05) is 0 Å². The number of aryl methyl sites for hydroxylation is 1. The summed E-state index contributed by atoms with van der Waals surface area (Å²) in [6, 6.07) is 6.31. The topological polar surface area (TPSA) is 59.0 Å². The molecule has 2 N–H and O–H groups in total. The maximum absolute atomic E-state index is 12.8. The fourth-order valence-electron chi connectivity index (χ4n) is 1.20. The predicted molar refractivity (Wildman–Crippen MR) is 59.5 cm³/mol. The first kappa shape index (κ1) is 12.5. The summed E-state index contributed by atoms with van der Waals surface area (Å²) in [5, 5.41) is 8.70. The zero-order chi connectivity index (χ0) is 12.2. The summed E-state index contributed by atoms with van der Waals surface area (Å²) in [6.45, 7) is 3.76. The molecule has 0 aliphatic heterocycles. The Kier molecular flexibility index (Phi) is 3.86. The van der Waals surface area contributed by atoms with Crippen molar-refractivity contribution in [3.05, 3.63) is 29.6 Å². The molecule has 1 aromatic rings. The zero-order valence-corrected chi connectivity index (χ0v) is 9.46. The van der Waals surface area contributed by atoms with Crippen LogP contribution in [0.25, 0.3) is 0 Å². The number of nitrogens with zero attached hydrogens (tertiary/aromatic N) is 1. The van der Waals surface area contributed by atoms with Crippen LogP contribution in [0.2, 0.25) is 0 Å². The van der Waals surface area contributed by atoms with Crippen molar-refractivity contribution in [2.24, 2.45) is 5.73 Å². The number of nitriles is 1. The van der Waals surface area contributed by atoms with Crippen molar-refractivity contribution in [1.29, 1.82) is 5.26 Å². The minimum atomic E-state index is -0.881. The van der Waals surface area contributed by atoms with Gasteiger partial charge in [0.15, 0.2) is 0 Å². The van der Waals surface area contributed by atoms with Crippen LogP contribution in [0.3, 0.4) is 0 Å². The van der Waals surface area contributed by atoms with Crippen molar-refractivity contribution in [2.45, 2.75) is 25.8 Å². The van der Waals surface area contributed by atoms with Crippen molar-refractivity contribution in [2.75, 3.05) is 6.61 Å². The maximum atomic E-state index is 12.8. The third-order valence-corrected chi connectivity index (χ3v) is 2.27. The number of nitrogens with two attached hydrogens (primary N) is 1. The van der Waals surface area contributed by atoms with E-state index in [-0.39, 0.29) is 5.82 Å². The Morgan fingerprint density at radius 3 is 2.81 bits per heavy atom. The molecule has 86 valence electrons. The van der Waals surface area contributed by atoms with Crippen LogP contribution in [0.1, 0.15) is 18.9 Å². The molecule has 0 radical (unpaired) electrons. The van der Waals surface area contributed by atoms with Crippen molar-refractivity contribution in [3.63, 3.8) is 0 Å². The molecule has 0 aromatic heterocycles. The first-order chi connectivity index (χ1) is 7.44. The van der Waals surface area contributed by atoms with Crippen LogP contribution in [-0.2, 0) is 0 Å². The van der Waals surface area contributed by atoms with Gasteiger partial charge in [0.05, 0.1) is 12.7 Å². The third-order valence-electron chi connectivity index (χ3n) is 2.27. The zero-order valence-electron chi connectivity index (χ0n) is 9.46. The summed E-state index contributed by atoms with van der Waals surface area (Å²) in [5.41, 5.74) is 5.49. The van der Waals surface area contributed by atoms with Gasteiger partial charge < -0.3 is 10.5 Å². The highest BCUT2D eigenvalue weighted by molar-refractivity contribution is 5.32. The Balaban J connectivity index is 2.53. The van der Waals surface area contributed by atoms with Crippen LogP contribution in [-0.4, -0.2) is 12.1 Å².